The summed E-state index contributed by atoms with van der Waals surface area (Å²) in [5, 5.41) is 12.0. The number of benzene rings is 1. The van der Waals surface area contributed by atoms with Crippen LogP contribution in [0.5, 0.6) is 0 Å². The number of carboxylic acid groups (broad SMARTS) is 1. The first-order chi connectivity index (χ1) is 6.16. The molecular weight excluding hydrogens is 194 g/mol. The monoisotopic (exact) mass is 197 g/mol. The molecule has 0 aliphatic rings. The van der Waals surface area contributed by atoms with Gasteiger partial charge in [-0.05, 0) is 17.7 Å². The van der Waals surface area contributed by atoms with Gasteiger partial charge in [-0.3, -0.25) is 0 Å². The van der Waals surface area contributed by atoms with Crippen molar-refractivity contribution in [1.29, 1.82) is 0 Å². The predicted molar refractivity (Wildman–Crippen MR) is 47.2 cm³/mol. The Morgan fingerprint density at radius 3 is 2.85 bits per heavy atom. The molecule has 1 aromatic carbocycles. The van der Waals surface area contributed by atoms with E-state index in [-0.39, 0.29) is 16.3 Å². The number of carboxylic acids is 1. The minimum absolute atomic E-state index is 0.0563. The van der Waals surface area contributed by atoms with E-state index in [0.717, 1.165) is 0 Å². The molecular formula is C7H4ClN3O2. The summed E-state index contributed by atoms with van der Waals surface area (Å²) in [6.07, 6.45) is 0. The highest BCUT2D eigenvalue weighted by atomic mass is 35.5. The highest BCUT2D eigenvalue weighted by Gasteiger charge is 2.10. The molecule has 0 aliphatic carbocycles. The summed E-state index contributed by atoms with van der Waals surface area (Å²) >= 11 is 5.62. The molecule has 0 amide bonds. The molecule has 6 heteroatoms. The molecule has 13 heavy (non-hydrogen) atoms. The maximum absolute atomic E-state index is 10.6. The molecule has 0 radical (unpaired) electrons. The molecule has 5 nitrogen and oxygen atoms in total. The lowest BCUT2D eigenvalue weighted by Gasteiger charge is -2.00. The standard InChI is InChI=1S/C7H4ClN3O2/c8-5-3-1-2-4(7(12)13)6(5)10-11-9/h1-3H,(H,12,13). The largest absolute Gasteiger partial charge is 0.478 e. The van der Waals surface area contributed by atoms with E-state index >= 15 is 0 Å². The molecule has 0 bridgehead atoms. The Labute approximate surface area is 78.2 Å². The van der Waals surface area contributed by atoms with Crippen LogP contribution in [0.3, 0.4) is 0 Å². The second-order valence-electron chi connectivity index (χ2n) is 2.13. The third-order valence-electron chi connectivity index (χ3n) is 1.36. The van der Waals surface area contributed by atoms with Crippen LogP contribution >= 0.6 is 11.6 Å². The summed E-state index contributed by atoms with van der Waals surface area (Å²) in [5.41, 5.74) is 7.99. The van der Waals surface area contributed by atoms with Crippen molar-refractivity contribution in [3.8, 4) is 0 Å². The second-order valence-corrected chi connectivity index (χ2v) is 2.54. The molecule has 0 atom stereocenters. The van der Waals surface area contributed by atoms with Gasteiger partial charge in [-0.15, -0.1) is 0 Å². The molecule has 0 fully saturated rings. The van der Waals surface area contributed by atoms with E-state index < -0.39 is 5.97 Å². The molecule has 66 valence electrons. The maximum atomic E-state index is 10.6. The molecule has 1 aromatic rings. The van der Waals surface area contributed by atoms with Crippen molar-refractivity contribution in [2.45, 2.75) is 0 Å². The van der Waals surface area contributed by atoms with Crippen LogP contribution in [0.1, 0.15) is 10.4 Å². The van der Waals surface area contributed by atoms with E-state index in [9.17, 15) is 4.79 Å². The molecule has 1 rings (SSSR count). The Balaban J connectivity index is 3.42. The number of hydrogen-bond donors (Lipinski definition) is 1. The average Bonchev–Trinajstić information content (AvgIpc) is 2.08. The smallest absolute Gasteiger partial charge is 0.336 e. The van der Waals surface area contributed by atoms with Crippen LogP contribution in [-0.4, -0.2) is 11.1 Å². The van der Waals surface area contributed by atoms with E-state index in [2.05, 4.69) is 10.0 Å². The first-order valence-electron chi connectivity index (χ1n) is 3.23. The average molecular weight is 198 g/mol. The van der Waals surface area contributed by atoms with Crippen LogP contribution in [0.25, 0.3) is 10.4 Å². The summed E-state index contributed by atoms with van der Waals surface area (Å²) in [7, 11) is 0. The zero-order valence-corrected chi connectivity index (χ0v) is 7.06. The fourth-order valence-electron chi connectivity index (χ4n) is 0.834. The fraction of sp³-hybridized carbons (Fsp3) is 0. The van der Waals surface area contributed by atoms with Gasteiger partial charge in [0.25, 0.3) is 0 Å². The van der Waals surface area contributed by atoms with Crippen molar-refractivity contribution in [1.82, 2.24) is 0 Å². The van der Waals surface area contributed by atoms with Crippen molar-refractivity contribution in [2.24, 2.45) is 5.11 Å². The highest BCUT2D eigenvalue weighted by molar-refractivity contribution is 6.33. The van der Waals surface area contributed by atoms with Crippen LogP contribution in [0.15, 0.2) is 23.3 Å². The van der Waals surface area contributed by atoms with Gasteiger partial charge in [0, 0.05) is 4.91 Å². The van der Waals surface area contributed by atoms with Gasteiger partial charge in [0.05, 0.1) is 16.3 Å². The lowest BCUT2D eigenvalue weighted by Crippen LogP contribution is -1.96. The number of azide groups is 1. The Bertz CT molecular complexity index is 399. The SMILES string of the molecule is [N-]=[N+]=Nc1c(Cl)cccc1C(=O)O. The van der Waals surface area contributed by atoms with Gasteiger partial charge in [-0.1, -0.05) is 22.8 Å². The normalized spacial score (nSPS) is 9.00. The van der Waals surface area contributed by atoms with Gasteiger partial charge < -0.3 is 5.11 Å². The summed E-state index contributed by atoms with van der Waals surface area (Å²) < 4.78 is 0. The molecule has 0 unspecified atom stereocenters. The van der Waals surface area contributed by atoms with Crippen molar-refractivity contribution in [3.63, 3.8) is 0 Å². The zero-order valence-electron chi connectivity index (χ0n) is 6.31. The Kier molecular flexibility index (Phi) is 2.74. The van der Waals surface area contributed by atoms with E-state index in [1.165, 1.54) is 18.2 Å². The minimum Gasteiger partial charge on any atom is -0.478 e. The Morgan fingerprint density at radius 1 is 1.62 bits per heavy atom. The van der Waals surface area contributed by atoms with Crippen molar-refractivity contribution in [2.75, 3.05) is 0 Å². The third kappa shape index (κ3) is 1.90. The number of halogens is 1. The van der Waals surface area contributed by atoms with E-state index in [1.54, 1.807) is 0 Å². The number of hydrogen-bond acceptors (Lipinski definition) is 2. The number of aromatic carboxylic acids is 1. The minimum atomic E-state index is -1.18. The lowest BCUT2D eigenvalue weighted by atomic mass is 10.2. The molecule has 0 aromatic heterocycles. The van der Waals surface area contributed by atoms with Gasteiger partial charge in [0.1, 0.15) is 0 Å². The Morgan fingerprint density at radius 2 is 2.31 bits per heavy atom. The number of carbonyl (C=O) groups is 1. The van der Waals surface area contributed by atoms with Crippen LogP contribution in [0.4, 0.5) is 5.69 Å². The van der Waals surface area contributed by atoms with Gasteiger partial charge in [0.15, 0.2) is 0 Å². The molecule has 1 N–H and O–H groups in total. The Hall–Kier alpha value is -1.71. The zero-order chi connectivity index (χ0) is 9.84. The van der Waals surface area contributed by atoms with Gasteiger partial charge in [-0.25, -0.2) is 4.79 Å². The van der Waals surface area contributed by atoms with E-state index in [0.29, 0.717) is 0 Å². The first kappa shape index (κ1) is 9.38. The van der Waals surface area contributed by atoms with Crippen molar-refractivity contribution >= 4 is 23.3 Å². The van der Waals surface area contributed by atoms with Crippen LogP contribution in [0.2, 0.25) is 5.02 Å². The van der Waals surface area contributed by atoms with Gasteiger partial charge in [-0.2, -0.15) is 0 Å². The predicted octanol–water partition coefficient (Wildman–Crippen LogP) is 2.98. The molecule has 0 spiro atoms. The second kappa shape index (κ2) is 3.80. The molecule has 0 saturated heterocycles. The van der Waals surface area contributed by atoms with E-state index in [4.69, 9.17) is 22.2 Å². The van der Waals surface area contributed by atoms with Crippen molar-refractivity contribution in [3.05, 3.63) is 39.2 Å². The third-order valence-corrected chi connectivity index (χ3v) is 1.67. The topological polar surface area (TPSA) is 86.1 Å². The summed E-state index contributed by atoms with van der Waals surface area (Å²) in [5.74, 6) is -1.18. The lowest BCUT2D eigenvalue weighted by molar-refractivity contribution is 0.0698. The highest BCUT2D eigenvalue weighted by Crippen LogP contribution is 2.28. The van der Waals surface area contributed by atoms with Crippen LogP contribution in [-0.2, 0) is 0 Å². The maximum Gasteiger partial charge on any atom is 0.336 e. The summed E-state index contributed by atoms with van der Waals surface area (Å²) in [6, 6.07) is 4.25. The molecule has 0 heterocycles. The van der Waals surface area contributed by atoms with Crippen LogP contribution < -0.4 is 0 Å². The quantitative estimate of drug-likeness (QED) is 0.449. The van der Waals surface area contributed by atoms with Crippen LogP contribution in [0, 0.1) is 0 Å². The number of nitrogens with zero attached hydrogens (tertiary/aromatic N) is 3. The first-order valence-corrected chi connectivity index (χ1v) is 3.61. The van der Waals surface area contributed by atoms with Gasteiger partial charge >= 0.3 is 5.97 Å². The summed E-state index contributed by atoms with van der Waals surface area (Å²) in [6.45, 7) is 0. The molecule has 0 aliphatic heterocycles. The fourth-order valence-corrected chi connectivity index (χ4v) is 1.05. The summed E-state index contributed by atoms with van der Waals surface area (Å²) in [4.78, 5) is 13.1. The van der Waals surface area contributed by atoms with E-state index in [1.807, 2.05) is 0 Å². The van der Waals surface area contributed by atoms with Gasteiger partial charge in [0.2, 0.25) is 0 Å². The van der Waals surface area contributed by atoms with Crippen molar-refractivity contribution < 1.29 is 9.90 Å². The number of rotatable bonds is 2. The molecule has 0 saturated carbocycles.